The second-order valence-electron chi connectivity index (χ2n) is 5.65. The molecule has 0 heterocycles. The number of nitrogens with zero attached hydrogens (tertiary/aromatic N) is 2. The third kappa shape index (κ3) is 4.38. The molecule has 0 fully saturated rings. The van der Waals surface area contributed by atoms with Gasteiger partial charge in [-0.05, 0) is 41.8 Å². The second kappa shape index (κ2) is 6.98. The van der Waals surface area contributed by atoms with Gasteiger partial charge in [-0.25, -0.2) is 0 Å². The molecule has 0 unspecified atom stereocenters. The van der Waals surface area contributed by atoms with Crippen LogP contribution in [-0.2, 0) is 6.42 Å². The zero-order valence-corrected chi connectivity index (χ0v) is 13.4. The molecule has 0 atom stereocenters. The van der Waals surface area contributed by atoms with Gasteiger partial charge >= 0.3 is 0 Å². The molecule has 2 heteroatoms. The van der Waals surface area contributed by atoms with E-state index in [1.54, 1.807) is 0 Å². The van der Waals surface area contributed by atoms with Gasteiger partial charge in [0, 0.05) is 39.6 Å². The summed E-state index contributed by atoms with van der Waals surface area (Å²) in [5.74, 6) is 0. The standard InChI is InChI=1S/C19H24N2/c1-20(2)18-12-8-16(9-13-18)6-5-7-17-10-14-19(15-11-17)21(3)4/h5-6,8-15H,7H2,1-4H3. The average Bonchev–Trinajstić information content (AvgIpc) is 2.48. The molecule has 0 bridgehead atoms. The summed E-state index contributed by atoms with van der Waals surface area (Å²) in [7, 11) is 8.24. The van der Waals surface area contributed by atoms with Gasteiger partial charge in [-0.3, -0.25) is 0 Å². The molecule has 0 amide bonds. The fraction of sp³-hybridized carbons (Fsp3) is 0.263. The Labute approximate surface area is 128 Å². The van der Waals surface area contributed by atoms with Crippen LogP contribution in [-0.4, -0.2) is 28.2 Å². The van der Waals surface area contributed by atoms with Crippen molar-refractivity contribution in [3.63, 3.8) is 0 Å². The molecule has 0 radical (unpaired) electrons. The lowest BCUT2D eigenvalue weighted by Crippen LogP contribution is -2.08. The Balaban J connectivity index is 1.95. The predicted molar refractivity (Wildman–Crippen MR) is 94.3 cm³/mol. The summed E-state index contributed by atoms with van der Waals surface area (Å²) in [5.41, 5.74) is 5.04. The molecule has 0 saturated heterocycles. The molecule has 2 nitrogen and oxygen atoms in total. The van der Waals surface area contributed by atoms with Crippen molar-refractivity contribution in [2.45, 2.75) is 6.42 Å². The lowest BCUT2D eigenvalue weighted by atomic mass is 10.1. The number of rotatable bonds is 5. The number of hydrogen-bond acceptors (Lipinski definition) is 2. The average molecular weight is 280 g/mol. The molecule has 0 saturated carbocycles. The highest BCUT2D eigenvalue weighted by molar-refractivity contribution is 5.56. The minimum Gasteiger partial charge on any atom is -0.378 e. The zero-order valence-electron chi connectivity index (χ0n) is 13.4. The lowest BCUT2D eigenvalue weighted by molar-refractivity contribution is 1.13. The summed E-state index contributed by atoms with van der Waals surface area (Å²) in [6.07, 6.45) is 5.36. The molecule has 0 aliphatic heterocycles. The van der Waals surface area contributed by atoms with E-state index in [1.807, 2.05) is 0 Å². The SMILES string of the molecule is CN(C)c1ccc(C=CCc2ccc(N(C)C)cc2)cc1. The number of benzene rings is 2. The van der Waals surface area contributed by atoms with Crippen molar-refractivity contribution in [2.24, 2.45) is 0 Å². The monoisotopic (exact) mass is 280 g/mol. The van der Waals surface area contributed by atoms with Crippen LogP contribution in [0.25, 0.3) is 6.08 Å². The minimum atomic E-state index is 0.961. The molecule has 2 rings (SSSR count). The summed E-state index contributed by atoms with van der Waals surface area (Å²) >= 11 is 0. The number of anilines is 2. The minimum absolute atomic E-state index is 0.961. The van der Waals surface area contributed by atoms with Crippen LogP contribution in [0.3, 0.4) is 0 Å². The van der Waals surface area contributed by atoms with Gasteiger partial charge < -0.3 is 9.80 Å². The van der Waals surface area contributed by atoms with Crippen molar-refractivity contribution in [3.8, 4) is 0 Å². The Morgan fingerprint density at radius 3 is 1.67 bits per heavy atom. The van der Waals surface area contributed by atoms with Gasteiger partial charge in [-0.2, -0.15) is 0 Å². The van der Waals surface area contributed by atoms with Crippen LogP contribution in [0.15, 0.2) is 54.6 Å². The van der Waals surface area contributed by atoms with Crippen LogP contribution in [0.5, 0.6) is 0 Å². The fourth-order valence-corrected chi connectivity index (χ4v) is 2.14. The Hall–Kier alpha value is -2.22. The van der Waals surface area contributed by atoms with Gasteiger partial charge in [0.15, 0.2) is 0 Å². The summed E-state index contributed by atoms with van der Waals surface area (Å²) in [6, 6.07) is 17.3. The van der Waals surface area contributed by atoms with Crippen molar-refractivity contribution in [1.29, 1.82) is 0 Å². The molecule has 0 aromatic heterocycles. The highest BCUT2D eigenvalue weighted by Gasteiger charge is 1.96. The molecule has 0 aliphatic rings. The normalized spacial score (nSPS) is 10.9. The molecular weight excluding hydrogens is 256 g/mol. The van der Waals surface area contributed by atoms with E-state index >= 15 is 0 Å². The van der Waals surface area contributed by atoms with Crippen molar-refractivity contribution >= 4 is 17.5 Å². The third-order valence-corrected chi connectivity index (χ3v) is 3.53. The van der Waals surface area contributed by atoms with Gasteiger partial charge in [-0.1, -0.05) is 36.4 Å². The largest absolute Gasteiger partial charge is 0.378 e. The number of allylic oxidation sites excluding steroid dienone is 1. The maximum atomic E-state index is 2.22. The van der Waals surface area contributed by atoms with Crippen molar-refractivity contribution in [1.82, 2.24) is 0 Å². The smallest absolute Gasteiger partial charge is 0.0361 e. The van der Waals surface area contributed by atoms with Crippen LogP contribution in [0.1, 0.15) is 11.1 Å². The molecular formula is C19H24N2. The van der Waals surface area contributed by atoms with E-state index in [9.17, 15) is 0 Å². The van der Waals surface area contributed by atoms with Gasteiger partial charge in [0.05, 0.1) is 0 Å². The summed E-state index contributed by atoms with van der Waals surface area (Å²) < 4.78 is 0. The van der Waals surface area contributed by atoms with Crippen LogP contribution in [0, 0.1) is 0 Å². The molecule has 21 heavy (non-hydrogen) atoms. The number of hydrogen-bond donors (Lipinski definition) is 0. The van der Waals surface area contributed by atoms with Crippen LogP contribution >= 0.6 is 0 Å². The fourth-order valence-electron chi connectivity index (χ4n) is 2.14. The maximum Gasteiger partial charge on any atom is 0.0361 e. The molecule has 0 N–H and O–H groups in total. The van der Waals surface area contributed by atoms with E-state index in [1.165, 1.54) is 22.5 Å². The highest BCUT2D eigenvalue weighted by Crippen LogP contribution is 2.15. The summed E-state index contributed by atoms with van der Waals surface area (Å²) in [5, 5.41) is 0. The molecule has 2 aromatic rings. The van der Waals surface area contributed by atoms with Crippen LogP contribution in [0.2, 0.25) is 0 Å². The second-order valence-corrected chi connectivity index (χ2v) is 5.65. The van der Waals surface area contributed by atoms with Crippen LogP contribution < -0.4 is 9.80 Å². The van der Waals surface area contributed by atoms with Crippen molar-refractivity contribution in [3.05, 3.63) is 65.7 Å². The first-order valence-corrected chi connectivity index (χ1v) is 7.26. The highest BCUT2D eigenvalue weighted by atomic mass is 15.1. The van der Waals surface area contributed by atoms with Gasteiger partial charge in [-0.15, -0.1) is 0 Å². The van der Waals surface area contributed by atoms with E-state index in [4.69, 9.17) is 0 Å². The topological polar surface area (TPSA) is 6.48 Å². The predicted octanol–water partition coefficient (Wildman–Crippen LogP) is 4.07. The first-order valence-electron chi connectivity index (χ1n) is 7.26. The van der Waals surface area contributed by atoms with Crippen molar-refractivity contribution in [2.75, 3.05) is 38.0 Å². The first kappa shape index (κ1) is 15.2. The van der Waals surface area contributed by atoms with E-state index in [2.05, 4.69) is 98.7 Å². The van der Waals surface area contributed by atoms with E-state index in [-0.39, 0.29) is 0 Å². The summed E-state index contributed by atoms with van der Waals surface area (Å²) in [4.78, 5) is 4.23. The Morgan fingerprint density at radius 2 is 1.19 bits per heavy atom. The zero-order chi connectivity index (χ0) is 15.2. The Kier molecular flexibility index (Phi) is 5.04. The summed E-state index contributed by atoms with van der Waals surface area (Å²) in [6.45, 7) is 0. The van der Waals surface area contributed by atoms with Gasteiger partial charge in [0.1, 0.15) is 0 Å². The van der Waals surface area contributed by atoms with E-state index in [0.717, 1.165) is 6.42 Å². The van der Waals surface area contributed by atoms with Crippen LogP contribution in [0.4, 0.5) is 11.4 Å². The lowest BCUT2D eigenvalue weighted by Gasteiger charge is -2.12. The molecule has 0 spiro atoms. The van der Waals surface area contributed by atoms with Gasteiger partial charge in [0.2, 0.25) is 0 Å². The quantitative estimate of drug-likeness (QED) is 0.814. The van der Waals surface area contributed by atoms with Gasteiger partial charge in [0.25, 0.3) is 0 Å². The van der Waals surface area contributed by atoms with E-state index < -0.39 is 0 Å². The maximum absolute atomic E-state index is 2.22. The third-order valence-electron chi connectivity index (χ3n) is 3.53. The molecule has 2 aromatic carbocycles. The first-order chi connectivity index (χ1) is 10.1. The van der Waals surface area contributed by atoms with E-state index in [0.29, 0.717) is 0 Å². The Bertz CT molecular complexity index is 578. The molecule has 110 valence electrons. The molecule has 0 aliphatic carbocycles. The van der Waals surface area contributed by atoms with Crippen molar-refractivity contribution < 1.29 is 0 Å². The Morgan fingerprint density at radius 1 is 0.714 bits per heavy atom.